The molecule has 1 aliphatic heterocycles. The smallest absolute Gasteiger partial charge is 0.305 e. The highest BCUT2D eigenvalue weighted by Crippen LogP contribution is 2.21. The Balaban J connectivity index is 2.34. The first kappa shape index (κ1) is 13.0. The minimum atomic E-state index is -0.0857. The van der Waals surface area contributed by atoms with Crippen LogP contribution in [0, 0.1) is 5.92 Å². The molecule has 92 valence electrons. The first-order valence-electron chi connectivity index (χ1n) is 6.00. The van der Waals surface area contributed by atoms with E-state index in [4.69, 9.17) is 0 Å². The number of amidine groups is 1. The van der Waals surface area contributed by atoms with E-state index in [1.165, 1.54) is 7.11 Å². The van der Waals surface area contributed by atoms with Gasteiger partial charge in [0, 0.05) is 26.1 Å². The van der Waals surface area contributed by atoms with Crippen LogP contribution < -0.4 is 0 Å². The number of carbonyl (C=O) groups is 1. The Kier molecular flexibility index (Phi) is 5.29. The lowest BCUT2D eigenvalue weighted by atomic mass is 9.93. The van der Waals surface area contributed by atoms with E-state index in [9.17, 15) is 4.79 Å². The van der Waals surface area contributed by atoms with Gasteiger partial charge >= 0.3 is 5.97 Å². The fourth-order valence-electron chi connectivity index (χ4n) is 2.11. The molecule has 0 amide bonds. The third-order valence-corrected chi connectivity index (χ3v) is 3.14. The van der Waals surface area contributed by atoms with Gasteiger partial charge in [-0.25, -0.2) is 0 Å². The van der Waals surface area contributed by atoms with Gasteiger partial charge in [-0.15, -0.1) is 0 Å². The van der Waals surface area contributed by atoms with Gasteiger partial charge in [-0.3, -0.25) is 9.79 Å². The van der Waals surface area contributed by atoms with Crippen LogP contribution in [0.2, 0.25) is 0 Å². The maximum atomic E-state index is 11.1. The monoisotopic (exact) mass is 226 g/mol. The number of piperidine rings is 1. The highest BCUT2D eigenvalue weighted by atomic mass is 16.5. The number of esters is 1. The highest BCUT2D eigenvalue weighted by Gasteiger charge is 2.22. The molecule has 0 aromatic rings. The molecule has 0 aromatic heterocycles. The summed E-state index contributed by atoms with van der Waals surface area (Å²) in [5.41, 5.74) is 0. The van der Waals surface area contributed by atoms with Gasteiger partial charge < -0.3 is 9.64 Å². The lowest BCUT2D eigenvalue weighted by molar-refractivity contribution is -0.142. The molecule has 1 heterocycles. The van der Waals surface area contributed by atoms with Crippen molar-refractivity contribution in [2.24, 2.45) is 10.9 Å². The van der Waals surface area contributed by atoms with E-state index < -0.39 is 0 Å². The van der Waals surface area contributed by atoms with Gasteiger partial charge in [0.1, 0.15) is 0 Å². The zero-order valence-corrected chi connectivity index (χ0v) is 10.5. The number of methoxy groups -OCH3 is 1. The van der Waals surface area contributed by atoms with Gasteiger partial charge in [0.15, 0.2) is 0 Å². The van der Waals surface area contributed by atoms with Crippen molar-refractivity contribution in [1.29, 1.82) is 0 Å². The van der Waals surface area contributed by atoms with Crippen LogP contribution >= 0.6 is 0 Å². The lowest BCUT2D eigenvalue weighted by Crippen LogP contribution is -2.37. The van der Waals surface area contributed by atoms with Crippen molar-refractivity contribution in [3.8, 4) is 0 Å². The van der Waals surface area contributed by atoms with Gasteiger partial charge in [-0.2, -0.15) is 0 Å². The summed E-state index contributed by atoms with van der Waals surface area (Å²) in [5.74, 6) is 1.52. The molecule has 0 unspecified atom stereocenters. The Morgan fingerprint density at radius 2 is 2.06 bits per heavy atom. The number of hydrogen-bond acceptors (Lipinski definition) is 3. The quantitative estimate of drug-likeness (QED) is 0.418. The predicted octanol–water partition coefficient (Wildman–Crippen LogP) is 1.70. The van der Waals surface area contributed by atoms with Crippen molar-refractivity contribution in [1.82, 2.24) is 4.90 Å². The first-order valence-corrected chi connectivity index (χ1v) is 6.00. The standard InChI is InChI=1S/C12H22N2O2/c1-4-13-10(2)14-7-5-11(6-8-14)9-12(15)16-3/h11H,4-9H2,1-3H3. The molecule has 1 aliphatic rings. The minimum Gasteiger partial charge on any atom is -0.469 e. The van der Waals surface area contributed by atoms with E-state index in [-0.39, 0.29) is 5.97 Å². The van der Waals surface area contributed by atoms with Crippen LogP contribution in [0.5, 0.6) is 0 Å². The van der Waals surface area contributed by atoms with Gasteiger partial charge in [-0.05, 0) is 32.6 Å². The number of hydrogen-bond donors (Lipinski definition) is 0. The maximum Gasteiger partial charge on any atom is 0.305 e. The van der Waals surface area contributed by atoms with E-state index >= 15 is 0 Å². The zero-order chi connectivity index (χ0) is 12.0. The Morgan fingerprint density at radius 3 is 2.56 bits per heavy atom. The summed E-state index contributed by atoms with van der Waals surface area (Å²) in [6, 6.07) is 0. The van der Waals surface area contributed by atoms with Gasteiger partial charge in [0.25, 0.3) is 0 Å². The molecule has 0 radical (unpaired) electrons. The van der Waals surface area contributed by atoms with Crippen LogP contribution in [0.15, 0.2) is 4.99 Å². The average Bonchev–Trinajstić information content (AvgIpc) is 2.30. The summed E-state index contributed by atoms with van der Waals surface area (Å²) in [6.07, 6.45) is 2.69. The highest BCUT2D eigenvalue weighted by molar-refractivity contribution is 5.79. The molecule has 1 saturated heterocycles. The van der Waals surface area contributed by atoms with Crippen LogP contribution in [0.25, 0.3) is 0 Å². The summed E-state index contributed by atoms with van der Waals surface area (Å²) in [5, 5.41) is 0. The van der Waals surface area contributed by atoms with Crippen LogP contribution in [0.1, 0.15) is 33.1 Å². The lowest BCUT2D eigenvalue weighted by Gasteiger charge is -2.32. The zero-order valence-electron chi connectivity index (χ0n) is 10.5. The van der Waals surface area contributed by atoms with E-state index in [2.05, 4.69) is 21.6 Å². The topological polar surface area (TPSA) is 41.9 Å². The second-order valence-electron chi connectivity index (χ2n) is 4.23. The summed E-state index contributed by atoms with van der Waals surface area (Å²) in [7, 11) is 1.45. The molecule has 0 N–H and O–H groups in total. The Morgan fingerprint density at radius 1 is 1.44 bits per heavy atom. The molecular weight excluding hydrogens is 204 g/mol. The molecule has 0 atom stereocenters. The molecule has 0 saturated carbocycles. The molecule has 1 rings (SSSR count). The molecule has 0 bridgehead atoms. The van der Waals surface area contributed by atoms with Crippen molar-refractivity contribution in [2.75, 3.05) is 26.7 Å². The number of carbonyl (C=O) groups excluding carboxylic acids is 1. The third-order valence-electron chi connectivity index (χ3n) is 3.14. The van der Waals surface area contributed by atoms with Gasteiger partial charge in [0.2, 0.25) is 0 Å². The fraction of sp³-hybridized carbons (Fsp3) is 0.833. The van der Waals surface area contributed by atoms with Crippen molar-refractivity contribution in [2.45, 2.75) is 33.1 Å². The Bertz CT molecular complexity index is 256. The van der Waals surface area contributed by atoms with E-state index in [0.29, 0.717) is 12.3 Å². The maximum absolute atomic E-state index is 11.1. The second-order valence-corrected chi connectivity index (χ2v) is 4.23. The second kappa shape index (κ2) is 6.51. The van der Waals surface area contributed by atoms with E-state index in [1.54, 1.807) is 0 Å². The Hall–Kier alpha value is -1.06. The van der Waals surface area contributed by atoms with Crippen molar-refractivity contribution in [3.05, 3.63) is 0 Å². The normalized spacial score (nSPS) is 18.7. The third kappa shape index (κ3) is 3.83. The molecule has 16 heavy (non-hydrogen) atoms. The van der Waals surface area contributed by atoms with Crippen LogP contribution in [-0.2, 0) is 9.53 Å². The SMILES string of the molecule is CCN=C(C)N1CCC(CC(=O)OC)CC1. The van der Waals surface area contributed by atoms with Crippen LogP contribution in [0.3, 0.4) is 0 Å². The number of nitrogens with zero attached hydrogens (tertiary/aromatic N) is 2. The van der Waals surface area contributed by atoms with Crippen molar-refractivity contribution in [3.63, 3.8) is 0 Å². The van der Waals surface area contributed by atoms with E-state index in [1.807, 2.05) is 6.92 Å². The number of rotatable bonds is 3. The summed E-state index contributed by atoms with van der Waals surface area (Å²) >= 11 is 0. The fourth-order valence-corrected chi connectivity index (χ4v) is 2.11. The molecule has 1 fully saturated rings. The molecular formula is C12H22N2O2. The van der Waals surface area contributed by atoms with Gasteiger partial charge in [-0.1, -0.05) is 0 Å². The molecule has 0 aliphatic carbocycles. The first-order chi connectivity index (χ1) is 7.67. The Labute approximate surface area is 97.7 Å². The molecule has 0 aromatic carbocycles. The van der Waals surface area contributed by atoms with Crippen LogP contribution in [0.4, 0.5) is 0 Å². The largest absolute Gasteiger partial charge is 0.469 e. The van der Waals surface area contributed by atoms with Crippen molar-refractivity contribution < 1.29 is 9.53 Å². The summed E-state index contributed by atoms with van der Waals surface area (Å²) in [4.78, 5) is 17.8. The van der Waals surface area contributed by atoms with Gasteiger partial charge in [0.05, 0.1) is 12.9 Å². The molecule has 4 nitrogen and oxygen atoms in total. The summed E-state index contributed by atoms with van der Waals surface area (Å²) in [6.45, 7) is 6.97. The summed E-state index contributed by atoms with van der Waals surface area (Å²) < 4.78 is 4.69. The predicted molar refractivity (Wildman–Crippen MR) is 64.6 cm³/mol. The number of ether oxygens (including phenoxy) is 1. The molecule has 0 spiro atoms. The average molecular weight is 226 g/mol. The number of aliphatic imine (C=N–C) groups is 1. The van der Waals surface area contributed by atoms with E-state index in [0.717, 1.165) is 38.3 Å². The molecule has 4 heteroatoms. The van der Waals surface area contributed by atoms with Crippen LogP contribution in [-0.4, -0.2) is 43.4 Å². The number of likely N-dealkylation sites (tertiary alicyclic amines) is 1. The van der Waals surface area contributed by atoms with Crippen molar-refractivity contribution >= 4 is 11.8 Å². The minimum absolute atomic E-state index is 0.0857.